The molecule has 2 rings (SSSR count). The first-order valence-electron chi connectivity index (χ1n) is 6.34. The Hall–Kier alpha value is -2.04. The minimum atomic E-state index is -0.718. The normalized spacial score (nSPS) is 20.5. The van der Waals surface area contributed by atoms with Crippen molar-refractivity contribution in [1.29, 1.82) is 0 Å². The zero-order valence-corrected chi connectivity index (χ0v) is 11.0. The van der Waals surface area contributed by atoms with E-state index in [2.05, 4.69) is 0 Å². The Morgan fingerprint density at radius 3 is 2.63 bits per heavy atom. The van der Waals surface area contributed by atoms with Crippen molar-refractivity contribution in [2.75, 3.05) is 0 Å². The molecule has 0 saturated heterocycles. The predicted octanol–water partition coefficient (Wildman–Crippen LogP) is 1.81. The van der Waals surface area contributed by atoms with Gasteiger partial charge in [0.15, 0.2) is 0 Å². The molecule has 2 atom stereocenters. The lowest BCUT2D eigenvalue weighted by atomic mass is 10.1. The lowest BCUT2D eigenvalue weighted by Gasteiger charge is -2.15. The Morgan fingerprint density at radius 2 is 2.05 bits per heavy atom. The van der Waals surface area contributed by atoms with Gasteiger partial charge in [0.25, 0.3) is 5.71 Å². The van der Waals surface area contributed by atoms with E-state index in [4.69, 9.17) is 4.74 Å². The van der Waals surface area contributed by atoms with Crippen molar-refractivity contribution in [1.82, 2.24) is 0 Å². The number of carbonyl (C=O) groups is 1. The first-order chi connectivity index (χ1) is 9.02. The van der Waals surface area contributed by atoms with Crippen molar-refractivity contribution in [2.45, 2.75) is 32.9 Å². The molecule has 19 heavy (non-hydrogen) atoms. The van der Waals surface area contributed by atoms with Crippen LogP contribution in [0.2, 0.25) is 0 Å². The van der Waals surface area contributed by atoms with Crippen molar-refractivity contribution in [3.8, 4) is 5.75 Å². The molecule has 1 aliphatic rings. The fraction of sp³-hybridized carbons (Fsp3) is 0.429. The van der Waals surface area contributed by atoms with Gasteiger partial charge in [-0.2, -0.15) is 4.74 Å². The summed E-state index contributed by atoms with van der Waals surface area (Å²) < 4.78 is 5.81. The van der Waals surface area contributed by atoms with Gasteiger partial charge in [-0.25, -0.2) is 4.79 Å². The molecule has 0 saturated carbocycles. The molecule has 5 nitrogen and oxygen atoms in total. The summed E-state index contributed by atoms with van der Waals surface area (Å²) >= 11 is 0. The van der Waals surface area contributed by atoms with E-state index in [0.717, 1.165) is 12.0 Å². The van der Waals surface area contributed by atoms with Crippen LogP contribution in [0.25, 0.3) is 0 Å². The summed E-state index contributed by atoms with van der Waals surface area (Å²) in [6.07, 6.45) is 0.267. The van der Waals surface area contributed by atoms with Crippen LogP contribution in [-0.2, 0) is 16.0 Å². The summed E-state index contributed by atoms with van der Waals surface area (Å²) in [6.45, 7) is 3.83. The molecule has 5 heteroatoms. The van der Waals surface area contributed by atoms with Gasteiger partial charge in [-0.3, -0.25) is 0 Å². The van der Waals surface area contributed by atoms with Gasteiger partial charge >= 0.3 is 12.2 Å². The van der Waals surface area contributed by atoms with Crippen LogP contribution < -0.4 is 0 Å². The molecular formula is C14H17NO4. The highest BCUT2D eigenvalue weighted by atomic mass is 16.6. The van der Waals surface area contributed by atoms with Gasteiger partial charge < -0.3 is 15.1 Å². The molecule has 1 aromatic rings. The molecule has 1 aromatic carbocycles. The lowest BCUT2D eigenvalue weighted by molar-refractivity contribution is -0.545. The Morgan fingerprint density at radius 1 is 1.42 bits per heavy atom. The van der Waals surface area contributed by atoms with Crippen molar-refractivity contribution >= 4 is 11.7 Å². The summed E-state index contributed by atoms with van der Waals surface area (Å²) in [7, 11) is 0. The third-order valence-corrected chi connectivity index (χ3v) is 3.40. The molecule has 2 unspecified atom stereocenters. The van der Waals surface area contributed by atoms with Crippen LogP contribution in [-0.4, -0.2) is 27.8 Å². The Labute approximate surface area is 111 Å². The molecule has 1 heterocycles. The number of phenols is 1. The number of ether oxygens (including phenoxy) is 1. The van der Waals surface area contributed by atoms with E-state index >= 15 is 0 Å². The smallest absolute Gasteiger partial charge is 0.405 e. The molecule has 0 radical (unpaired) electrons. The maximum Gasteiger partial charge on any atom is 0.405 e. The third kappa shape index (κ3) is 2.70. The van der Waals surface area contributed by atoms with Crippen molar-refractivity contribution in [3.05, 3.63) is 35.0 Å². The largest absolute Gasteiger partial charge is 0.621 e. The quantitative estimate of drug-likeness (QED) is 0.511. The number of esters is 1. The fourth-order valence-corrected chi connectivity index (χ4v) is 1.98. The summed E-state index contributed by atoms with van der Waals surface area (Å²) in [5.74, 6) is -0.397. The number of hydroxylamine groups is 1. The fourth-order valence-electron chi connectivity index (χ4n) is 1.98. The van der Waals surface area contributed by atoms with Crippen LogP contribution in [0.15, 0.2) is 24.3 Å². The maximum atomic E-state index is 12.1. The second-order valence-corrected chi connectivity index (χ2v) is 4.80. The number of phenolic OH excluding ortho intramolecular Hbond substituents is 1. The van der Waals surface area contributed by atoms with Crippen LogP contribution in [0.4, 0.5) is 0 Å². The van der Waals surface area contributed by atoms with E-state index in [1.807, 2.05) is 13.8 Å². The van der Waals surface area contributed by atoms with E-state index in [9.17, 15) is 15.1 Å². The second-order valence-electron chi connectivity index (χ2n) is 4.80. The zero-order valence-electron chi connectivity index (χ0n) is 11.0. The van der Waals surface area contributed by atoms with Crippen LogP contribution in [0.1, 0.15) is 25.8 Å². The third-order valence-electron chi connectivity index (χ3n) is 3.40. The van der Waals surface area contributed by atoms with Gasteiger partial charge in [0, 0.05) is 0 Å². The number of nitrogens with zero attached hydrogens (tertiary/aromatic N) is 1. The van der Waals surface area contributed by atoms with E-state index in [1.54, 1.807) is 12.1 Å². The number of hydrogen-bond acceptors (Lipinski definition) is 4. The Balaban J connectivity index is 2.20. The summed E-state index contributed by atoms with van der Waals surface area (Å²) in [5, 5.41) is 21.3. The molecule has 0 aromatic heterocycles. The Kier molecular flexibility index (Phi) is 3.74. The Bertz CT molecular complexity index is 507. The lowest BCUT2D eigenvalue weighted by Crippen LogP contribution is -2.27. The van der Waals surface area contributed by atoms with Gasteiger partial charge in [-0.05, 0) is 24.1 Å². The maximum absolute atomic E-state index is 12.1. The average molecular weight is 263 g/mol. The highest BCUT2D eigenvalue weighted by Gasteiger charge is 2.41. The van der Waals surface area contributed by atoms with Crippen LogP contribution >= 0.6 is 0 Å². The van der Waals surface area contributed by atoms with E-state index in [0.29, 0.717) is 4.74 Å². The highest BCUT2D eigenvalue weighted by molar-refractivity contribution is 6.35. The topological polar surface area (TPSA) is 72.6 Å². The first-order valence-corrected chi connectivity index (χ1v) is 6.34. The summed E-state index contributed by atoms with van der Waals surface area (Å²) in [5.41, 5.74) is 0.909. The molecular weight excluding hydrogens is 246 g/mol. The zero-order chi connectivity index (χ0) is 14.0. The van der Waals surface area contributed by atoms with E-state index in [-0.39, 0.29) is 23.8 Å². The molecule has 102 valence electrons. The monoisotopic (exact) mass is 263 g/mol. The number of rotatable bonds is 4. The first kappa shape index (κ1) is 13.4. The standard InChI is InChI=1S/C14H17NO4/c1-3-9(2)13-15(18)12(14(17)19-13)8-10-4-6-11(16)7-5-10/h4-7,9,13,16H,3,8H2,1-2H3. The minimum Gasteiger partial charge on any atom is -0.621 e. The molecule has 0 aliphatic carbocycles. The number of hydrogen-bond donors (Lipinski definition) is 1. The second kappa shape index (κ2) is 5.30. The van der Waals surface area contributed by atoms with Gasteiger partial charge in [0.1, 0.15) is 5.75 Å². The number of aromatic hydroxyl groups is 1. The van der Waals surface area contributed by atoms with Gasteiger partial charge in [-0.1, -0.05) is 26.0 Å². The van der Waals surface area contributed by atoms with E-state index in [1.165, 1.54) is 12.1 Å². The SMILES string of the molecule is CCC(C)C1OC(=O)C(Cc2ccc(O)cc2)=[N+]1[O-]. The predicted molar refractivity (Wildman–Crippen MR) is 69.8 cm³/mol. The molecule has 0 fully saturated rings. The van der Waals surface area contributed by atoms with Crippen molar-refractivity contribution < 1.29 is 19.4 Å². The minimum absolute atomic E-state index is 0.00114. The molecule has 1 N–H and O–H groups in total. The number of benzene rings is 1. The number of cyclic esters (lactones) is 1. The molecule has 0 amide bonds. The van der Waals surface area contributed by atoms with Crippen molar-refractivity contribution in [2.24, 2.45) is 5.92 Å². The summed E-state index contributed by atoms with van der Waals surface area (Å²) in [6, 6.07) is 6.41. The highest BCUT2D eigenvalue weighted by Crippen LogP contribution is 2.20. The van der Waals surface area contributed by atoms with Crippen LogP contribution in [0.3, 0.4) is 0 Å². The van der Waals surface area contributed by atoms with E-state index < -0.39 is 12.2 Å². The molecule has 0 spiro atoms. The van der Waals surface area contributed by atoms with Crippen LogP contribution in [0.5, 0.6) is 5.75 Å². The summed E-state index contributed by atoms with van der Waals surface area (Å²) in [4.78, 5) is 11.7. The molecule has 0 bridgehead atoms. The average Bonchev–Trinajstić information content (AvgIpc) is 2.68. The van der Waals surface area contributed by atoms with Gasteiger partial charge in [-0.15, -0.1) is 0 Å². The van der Waals surface area contributed by atoms with Gasteiger partial charge in [0.05, 0.1) is 12.3 Å². The number of carbonyl (C=O) groups excluding carboxylic acids is 1. The van der Waals surface area contributed by atoms with Gasteiger partial charge in [0.2, 0.25) is 0 Å². The van der Waals surface area contributed by atoms with Crippen molar-refractivity contribution in [3.63, 3.8) is 0 Å². The van der Waals surface area contributed by atoms with Crippen LogP contribution in [0, 0.1) is 11.1 Å². The molecule has 1 aliphatic heterocycles.